The van der Waals surface area contributed by atoms with Crippen molar-refractivity contribution >= 4 is 64.1 Å². The van der Waals surface area contributed by atoms with Gasteiger partial charge in [-0.2, -0.15) is 4.39 Å². The number of aliphatic hydroxyl groups is 3. The first-order valence-corrected chi connectivity index (χ1v) is 23.9. The van der Waals surface area contributed by atoms with Crippen LogP contribution in [-0.4, -0.2) is 167 Å². The van der Waals surface area contributed by atoms with Gasteiger partial charge in [-0.3, -0.25) is 48.1 Å². The van der Waals surface area contributed by atoms with Crippen LogP contribution in [-0.2, 0) is 33.6 Å². The minimum atomic E-state index is -2.24. The molecule has 2 aromatic rings. The van der Waals surface area contributed by atoms with Crippen LogP contribution in [0.15, 0.2) is 33.8 Å². The number of β-amino-alcohol motifs (C(OH)–C–C–N with tert-alkyl or cyclic N) is 1. The molecule has 6 unspecified atom stereocenters. The summed E-state index contributed by atoms with van der Waals surface area (Å²) in [6.07, 6.45) is -4.42. The highest BCUT2D eigenvalue weighted by molar-refractivity contribution is 6.04. The summed E-state index contributed by atoms with van der Waals surface area (Å²) in [6, 6.07) is -10.9. The van der Waals surface area contributed by atoms with E-state index in [-0.39, 0.29) is 62.8 Å². The third-order valence-corrected chi connectivity index (χ3v) is 12.0. The average molecular weight is 1060 g/mol. The molecule has 3 heterocycles. The van der Waals surface area contributed by atoms with Gasteiger partial charge in [-0.05, 0) is 58.1 Å². The number of benzene rings is 1. The number of allylic oxidation sites excluding steroid dienone is 1. The summed E-state index contributed by atoms with van der Waals surface area (Å²) < 4.78 is 36.3. The summed E-state index contributed by atoms with van der Waals surface area (Å²) in [6.45, 7) is 3.42. The quantitative estimate of drug-likeness (QED) is 0.0362. The zero-order valence-electron chi connectivity index (χ0n) is 41.6. The number of rotatable bonds is 14. The lowest BCUT2D eigenvalue weighted by atomic mass is 10.0. The number of amides is 8. The summed E-state index contributed by atoms with van der Waals surface area (Å²) in [5.74, 6) is -13.5. The molecule has 0 spiro atoms. The molecule has 21 N–H and O–H groups in total. The number of aliphatic hydroxyl groups excluding tert-OH is 3. The lowest BCUT2D eigenvalue weighted by Crippen LogP contribution is -2.64. The van der Waals surface area contributed by atoms with Crippen LogP contribution in [0.4, 0.5) is 8.78 Å². The Bertz CT molecular complexity index is 2600. The molecule has 2 aliphatic heterocycles. The van der Waals surface area contributed by atoms with Crippen molar-refractivity contribution in [1.29, 1.82) is 0 Å². The fourth-order valence-electron chi connectivity index (χ4n) is 7.95. The maximum atomic E-state index is 14.8. The Kier molecular flexibility index (Phi) is 21.9. The van der Waals surface area contributed by atoms with E-state index in [0.29, 0.717) is 6.07 Å². The first kappa shape index (κ1) is 60.2. The number of aliphatic imine (C=N–C) groups is 1. The third-order valence-electron chi connectivity index (χ3n) is 12.0. The van der Waals surface area contributed by atoms with Crippen molar-refractivity contribution in [2.45, 2.75) is 114 Å². The Labute approximate surface area is 427 Å². The normalized spacial score (nSPS) is 25.1. The van der Waals surface area contributed by atoms with Crippen LogP contribution in [0.1, 0.15) is 69.8 Å². The number of carbonyl (C=O) groups excluding carboxylic acids is 8. The molecule has 28 nitrogen and oxygen atoms in total. The summed E-state index contributed by atoms with van der Waals surface area (Å²) in [4.78, 5) is 130. The number of aromatic nitrogens is 1. The highest BCUT2D eigenvalue weighted by Crippen LogP contribution is 2.35. The molecule has 0 aliphatic carbocycles. The van der Waals surface area contributed by atoms with Gasteiger partial charge in [0.25, 0.3) is 11.8 Å². The molecule has 0 radical (unpaired) electrons. The maximum absolute atomic E-state index is 14.8. The number of ether oxygens (including phenoxy) is 1. The standard InChI is InChI=1S/C45H67F2N15O13/c1-5-23-38(68)57-25(8-9-48)39(69)58-26(11-18(2)3)41(71)56-24(7-6-10-53-45(51)52)40(70)60-32(28(64)14-50)44(74)61-31(27(63)13-49)42(72)54-15-29(65)33(43(73)55-23)59-37(67)21-16-62-19(4)17-75-36-30(47)22(46)12-20(34(36)62)35(21)66/h5,12,16,18-19,24-29,31-33,63-65H,6-11,13-15,17,48-50H2,1-4H3,(H,54,72)(H,55,73)(H,56,71)(H,57,68)(H,58,69)(H,59,67)(H,60,70)(H,61,74)(H4,51,52,53)/b23-5-/t19-,24-,25-,26-,27?,28?,29?,31?,32?,33?/m0/s1. The van der Waals surface area contributed by atoms with Crippen molar-refractivity contribution in [2.24, 2.45) is 39.6 Å². The fraction of sp³-hybridized carbons (Fsp3) is 0.556. The number of carbonyl (C=O) groups is 8. The number of nitrogens with two attached hydrogens (primary N) is 5. The van der Waals surface area contributed by atoms with Crippen molar-refractivity contribution < 1.29 is 67.2 Å². The fourth-order valence-corrected chi connectivity index (χ4v) is 7.95. The Hall–Kier alpha value is -7.38. The van der Waals surface area contributed by atoms with Gasteiger partial charge in [-0.15, -0.1) is 0 Å². The Morgan fingerprint density at radius 3 is 2.05 bits per heavy atom. The van der Waals surface area contributed by atoms with Crippen LogP contribution in [0.3, 0.4) is 0 Å². The summed E-state index contributed by atoms with van der Waals surface area (Å²) in [7, 11) is 0. The minimum absolute atomic E-state index is 0.0402. The number of guanidine groups is 1. The van der Waals surface area contributed by atoms with Crippen molar-refractivity contribution in [3.63, 3.8) is 0 Å². The predicted octanol–water partition coefficient (Wildman–Crippen LogP) is -6.65. The molecule has 1 fully saturated rings. The molecule has 30 heteroatoms. The molecular weight excluding hydrogens is 997 g/mol. The van der Waals surface area contributed by atoms with E-state index >= 15 is 0 Å². The molecule has 4 rings (SSSR count). The van der Waals surface area contributed by atoms with Gasteiger partial charge in [0.2, 0.25) is 46.7 Å². The van der Waals surface area contributed by atoms with E-state index in [1.165, 1.54) is 11.5 Å². The molecule has 1 saturated heterocycles. The molecule has 0 saturated carbocycles. The molecule has 0 bridgehead atoms. The van der Waals surface area contributed by atoms with Gasteiger partial charge in [0, 0.05) is 32.4 Å². The number of hydrogen-bond donors (Lipinski definition) is 16. The van der Waals surface area contributed by atoms with Gasteiger partial charge < -0.3 is 95.8 Å². The lowest BCUT2D eigenvalue weighted by Gasteiger charge is -2.30. The number of nitrogens with zero attached hydrogens (tertiary/aromatic N) is 2. The van der Waals surface area contributed by atoms with E-state index in [0.717, 1.165) is 12.3 Å². The van der Waals surface area contributed by atoms with Crippen LogP contribution in [0.25, 0.3) is 10.9 Å². The number of hydrogen-bond acceptors (Lipinski definition) is 17. The monoisotopic (exact) mass is 1060 g/mol. The smallest absolute Gasteiger partial charge is 0.268 e. The Balaban J connectivity index is 1.84. The van der Waals surface area contributed by atoms with Gasteiger partial charge in [0.1, 0.15) is 60.2 Å². The molecule has 2 aliphatic rings. The van der Waals surface area contributed by atoms with Gasteiger partial charge in [0.15, 0.2) is 17.5 Å². The summed E-state index contributed by atoms with van der Waals surface area (Å²) >= 11 is 0. The summed E-state index contributed by atoms with van der Waals surface area (Å²) in [5, 5.41) is 51.5. The molecule has 1 aromatic heterocycles. The van der Waals surface area contributed by atoms with Crippen LogP contribution < -0.4 is 81.4 Å². The molecule has 414 valence electrons. The highest BCUT2D eigenvalue weighted by atomic mass is 19.2. The topological polar surface area (TPSA) is 467 Å². The molecule has 10 atom stereocenters. The van der Waals surface area contributed by atoms with Crippen molar-refractivity contribution in [1.82, 2.24) is 47.1 Å². The van der Waals surface area contributed by atoms with Crippen LogP contribution in [0.5, 0.6) is 5.75 Å². The molecule has 1 aromatic carbocycles. The lowest BCUT2D eigenvalue weighted by molar-refractivity contribution is -0.137. The second-order valence-electron chi connectivity index (χ2n) is 18.2. The first-order valence-electron chi connectivity index (χ1n) is 23.9. The van der Waals surface area contributed by atoms with Crippen molar-refractivity contribution in [3.05, 3.63) is 51.5 Å². The SMILES string of the molecule is C/C=C1\NC(=O)C(NC(=O)c2cn3c4c(c(F)c(F)cc4c2=O)OC[C@@H]3C)C(O)CNC(=O)C(C(O)CN)NC(=O)C(C(O)CN)NC(=O)[C@H](CCCN=C(N)N)NC(=O)[C@H](CC(C)C)NC(=O)[C@H](CCN)NC1=O. The second kappa shape index (κ2) is 27.2. The average Bonchev–Trinajstić information content (AvgIpc) is 3.36. The van der Waals surface area contributed by atoms with Gasteiger partial charge >= 0.3 is 0 Å². The van der Waals surface area contributed by atoms with E-state index < -0.39 is 167 Å². The van der Waals surface area contributed by atoms with E-state index in [2.05, 4.69) is 47.5 Å². The van der Waals surface area contributed by atoms with Crippen LogP contribution >= 0.6 is 0 Å². The minimum Gasteiger partial charge on any atom is -0.486 e. The maximum Gasteiger partial charge on any atom is 0.268 e. The van der Waals surface area contributed by atoms with Gasteiger partial charge in [0.05, 0.1) is 29.2 Å². The zero-order chi connectivity index (χ0) is 56.0. The third kappa shape index (κ3) is 15.4. The number of pyridine rings is 1. The predicted molar refractivity (Wildman–Crippen MR) is 263 cm³/mol. The van der Waals surface area contributed by atoms with E-state index in [9.17, 15) is 67.3 Å². The highest BCUT2D eigenvalue weighted by Gasteiger charge is 2.39. The number of nitrogens with one attached hydrogen (secondary N) is 8. The first-order chi connectivity index (χ1) is 35.4. The molecule has 75 heavy (non-hydrogen) atoms. The Morgan fingerprint density at radius 2 is 1.45 bits per heavy atom. The van der Waals surface area contributed by atoms with Gasteiger partial charge in [-0.1, -0.05) is 19.9 Å². The Morgan fingerprint density at radius 1 is 0.867 bits per heavy atom. The van der Waals surface area contributed by atoms with Crippen molar-refractivity contribution in [3.8, 4) is 5.75 Å². The summed E-state index contributed by atoms with van der Waals surface area (Å²) in [5.41, 5.74) is 25.4. The number of halogens is 2. The van der Waals surface area contributed by atoms with Gasteiger partial charge in [-0.25, -0.2) is 4.39 Å². The van der Waals surface area contributed by atoms with E-state index in [1.807, 2.05) is 0 Å². The molecular formula is C45H67F2N15O13. The van der Waals surface area contributed by atoms with E-state index in [1.54, 1.807) is 20.8 Å². The molecule has 8 amide bonds. The van der Waals surface area contributed by atoms with Crippen LogP contribution in [0, 0.1) is 17.6 Å². The second-order valence-corrected chi connectivity index (χ2v) is 18.2. The van der Waals surface area contributed by atoms with E-state index in [4.69, 9.17) is 33.4 Å². The van der Waals surface area contributed by atoms with Crippen molar-refractivity contribution in [2.75, 3.05) is 39.3 Å². The zero-order valence-corrected chi connectivity index (χ0v) is 41.6. The van der Waals surface area contributed by atoms with Crippen LogP contribution in [0.2, 0.25) is 0 Å². The largest absolute Gasteiger partial charge is 0.486 e.